The Morgan fingerprint density at radius 2 is 1.89 bits per heavy atom. The summed E-state index contributed by atoms with van der Waals surface area (Å²) in [6.07, 6.45) is 3.02. The Morgan fingerprint density at radius 3 is 2.81 bits per heavy atom. The van der Waals surface area contributed by atoms with Crippen LogP contribution in [0.2, 0.25) is 0 Å². The maximum absolute atomic E-state index is 5.96. The zero-order valence-electron chi connectivity index (χ0n) is 15.3. The molecular weight excluding hydrogens is 338 g/mol. The Kier molecular flexibility index (Phi) is 4.40. The number of morpholine rings is 1. The Balaban J connectivity index is 1.33. The molecule has 2 aromatic heterocycles. The van der Waals surface area contributed by atoms with Crippen LogP contribution in [0.15, 0.2) is 53.1 Å². The molecule has 5 heteroatoms. The number of ether oxygens (including phenoxy) is 1. The molecule has 1 N–H and O–H groups in total. The summed E-state index contributed by atoms with van der Waals surface area (Å²) in [7, 11) is 0. The zero-order chi connectivity index (χ0) is 18.1. The predicted molar refractivity (Wildman–Crippen MR) is 109 cm³/mol. The second-order valence-corrected chi connectivity index (χ2v) is 7.10. The highest BCUT2D eigenvalue weighted by Crippen LogP contribution is 2.32. The molecule has 5 rings (SSSR count). The molecule has 0 spiro atoms. The molecule has 1 saturated heterocycles. The number of benzene rings is 2. The molecule has 27 heavy (non-hydrogen) atoms. The van der Waals surface area contributed by atoms with Gasteiger partial charge in [0.1, 0.15) is 11.2 Å². The summed E-state index contributed by atoms with van der Waals surface area (Å²) >= 11 is 0. The molecule has 0 amide bonds. The quantitative estimate of drug-likeness (QED) is 0.538. The maximum atomic E-state index is 5.96. The van der Waals surface area contributed by atoms with Gasteiger partial charge < -0.3 is 14.5 Å². The molecule has 4 aromatic rings. The first-order chi connectivity index (χ1) is 13.4. The molecule has 3 heterocycles. The van der Waals surface area contributed by atoms with Crippen LogP contribution in [0.5, 0.6) is 0 Å². The first kappa shape index (κ1) is 16.5. The van der Waals surface area contributed by atoms with Crippen LogP contribution >= 0.6 is 0 Å². The minimum Gasteiger partial charge on any atom is -0.456 e. The average Bonchev–Trinajstić information content (AvgIpc) is 3.08. The van der Waals surface area contributed by atoms with E-state index in [0.29, 0.717) is 0 Å². The highest BCUT2D eigenvalue weighted by atomic mass is 16.5. The van der Waals surface area contributed by atoms with Crippen molar-refractivity contribution in [3.63, 3.8) is 0 Å². The van der Waals surface area contributed by atoms with E-state index in [-0.39, 0.29) is 0 Å². The van der Waals surface area contributed by atoms with E-state index in [1.165, 1.54) is 0 Å². The number of aromatic nitrogens is 1. The average molecular weight is 361 g/mol. The van der Waals surface area contributed by atoms with Gasteiger partial charge in [-0.1, -0.05) is 18.2 Å². The molecule has 0 aliphatic carbocycles. The van der Waals surface area contributed by atoms with Gasteiger partial charge in [0.15, 0.2) is 0 Å². The van der Waals surface area contributed by atoms with Gasteiger partial charge in [0, 0.05) is 41.9 Å². The van der Waals surface area contributed by atoms with Crippen LogP contribution in [0.25, 0.3) is 32.8 Å². The Labute approximate surface area is 157 Å². The minimum atomic E-state index is 0.860. The van der Waals surface area contributed by atoms with Gasteiger partial charge in [-0.25, -0.2) is 0 Å². The SMILES string of the molecule is c1ccc2c(c1)oc1cc3ncc(NCCCN4CCOCC4)cc3cc12. The number of nitrogens with one attached hydrogen (secondary N) is 1. The third-order valence-electron chi connectivity index (χ3n) is 5.26. The second-order valence-electron chi connectivity index (χ2n) is 7.10. The van der Waals surface area contributed by atoms with Gasteiger partial charge in [-0.3, -0.25) is 9.88 Å². The van der Waals surface area contributed by atoms with Crippen molar-refractivity contribution in [2.24, 2.45) is 0 Å². The van der Waals surface area contributed by atoms with Crippen molar-refractivity contribution in [3.05, 3.63) is 48.7 Å². The number of rotatable bonds is 5. The Bertz CT molecular complexity index is 1080. The predicted octanol–water partition coefficient (Wildman–Crippen LogP) is 4.27. The van der Waals surface area contributed by atoms with Crippen LogP contribution in [0.4, 0.5) is 5.69 Å². The van der Waals surface area contributed by atoms with Crippen LogP contribution in [-0.2, 0) is 4.74 Å². The number of hydrogen-bond acceptors (Lipinski definition) is 5. The van der Waals surface area contributed by atoms with Gasteiger partial charge in [-0.2, -0.15) is 0 Å². The summed E-state index contributed by atoms with van der Waals surface area (Å²) < 4.78 is 11.4. The van der Waals surface area contributed by atoms with E-state index in [4.69, 9.17) is 9.15 Å². The molecule has 0 radical (unpaired) electrons. The molecule has 0 unspecified atom stereocenters. The second kappa shape index (κ2) is 7.18. The van der Waals surface area contributed by atoms with Crippen LogP contribution < -0.4 is 5.32 Å². The highest BCUT2D eigenvalue weighted by molar-refractivity contribution is 6.09. The van der Waals surface area contributed by atoms with Crippen molar-refractivity contribution in [3.8, 4) is 0 Å². The van der Waals surface area contributed by atoms with Crippen molar-refractivity contribution in [2.45, 2.75) is 6.42 Å². The lowest BCUT2D eigenvalue weighted by atomic mass is 10.1. The van der Waals surface area contributed by atoms with Gasteiger partial charge in [-0.15, -0.1) is 0 Å². The molecule has 0 saturated carbocycles. The van der Waals surface area contributed by atoms with E-state index in [9.17, 15) is 0 Å². The number of para-hydroxylation sites is 1. The van der Waals surface area contributed by atoms with Crippen molar-refractivity contribution in [2.75, 3.05) is 44.7 Å². The van der Waals surface area contributed by atoms with Gasteiger partial charge in [-0.05, 0) is 31.2 Å². The number of fused-ring (bicyclic) bond motifs is 4. The van der Waals surface area contributed by atoms with E-state index >= 15 is 0 Å². The summed E-state index contributed by atoms with van der Waals surface area (Å²) in [4.78, 5) is 7.08. The fourth-order valence-corrected chi connectivity index (χ4v) is 3.81. The van der Waals surface area contributed by atoms with Crippen LogP contribution in [-0.4, -0.2) is 49.3 Å². The van der Waals surface area contributed by atoms with E-state index in [2.05, 4.69) is 33.4 Å². The molecule has 1 aliphatic heterocycles. The van der Waals surface area contributed by atoms with Crippen molar-refractivity contribution >= 4 is 38.5 Å². The molecule has 5 nitrogen and oxygen atoms in total. The summed E-state index contributed by atoms with van der Waals surface area (Å²) in [5, 5.41) is 6.94. The topological polar surface area (TPSA) is 50.5 Å². The molecule has 2 aromatic carbocycles. The van der Waals surface area contributed by atoms with E-state index in [1.54, 1.807) is 0 Å². The smallest absolute Gasteiger partial charge is 0.137 e. The van der Waals surface area contributed by atoms with Crippen LogP contribution in [0.1, 0.15) is 6.42 Å². The van der Waals surface area contributed by atoms with Crippen molar-refractivity contribution in [1.82, 2.24) is 9.88 Å². The molecular formula is C22H23N3O2. The lowest BCUT2D eigenvalue weighted by molar-refractivity contribution is 0.0378. The fraction of sp³-hybridized carbons (Fsp3) is 0.318. The first-order valence-corrected chi connectivity index (χ1v) is 9.62. The largest absolute Gasteiger partial charge is 0.456 e. The van der Waals surface area contributed by atoms with Crippen molar-refractivity contribution < 1.29 is 9.15 Å². The highest BCUT2D eigenvalue weighted by Gasteiger charge is 2.10. The lowest BCUT2D eigenvalue weighted by Gasteiger charge is -2.26. The van der Waals surface area contributed by atoms with Gasteiger partial charge in [0.25, 0.3) is 0 Å². The van der Waals surface area contributed by atoms with Crippen LogP contribution in [0, 0.1) is 0 Å². The van der Waals surface area contributed by atoms with E-state index < -0.39 is 0 Å². The molecule has 1 fully saturated rings. The Hall–Kier alpha value is -2.63. The third-order valence-corrected chi connectivity index (χ3v) is 5.26. The number of nitrogens with zero attached hydrogens (tertiary/aromatic N) is 2. The van der Waals surface area contributed by atoms with Crippen LogP contribution in [0.3, 0.4) is 0 Å². The summed E-state index contributed by atoms with van der Waals surface area (Å²) in [6, 6.07) is 14.6. The number of hydrogen-bond donors (Lipinski definition) is 1. The van der Waals surface area contributed by atoms with E-state index in [1.807, 2.05) is 30.5 Å². The fourth-order valence-electron chi connectivity index (χ4n) is 3.81. The van der Waals surface area contributed by atoms with Gasteiger partial charge >= 0.3 is 0 Å². The van der Waals surface area contributed by atoms with Gasteiger partial charge in [0.05, 0.1) is 30.6 Å². The first-order valence-electron chi connectivity index (χ1n) is 9.62. The third kappa shape index (κ3) is 3.36. The number of pyridine rings is 1. The van der Waals surface area contributed by atoms with E-state index in [0.717, 1.165) is 84.3 Å². The normalized spacial score (nSPS) is 15.7. The lowest BCUT2D eigenvalue weighted by Crippen LogP contribution is -2.37. The molecule has 0 bridgehead atoms. The standard InChI is InChI=1S/C22H23N3O2/c1-2-5-21-18(4-1)19-13-16-12-17(15-24-20(16)14-22(19)27-21)23-6-3-7-25-8-10-26-11-9-25/h1-2,4-5,12-15,23H,3,6-11H2. The summed E-state index contributed by atoms with van der Waals surface area (Å²) in [5.41, 5.74) is 3.84. The zero-order valence-corrected chi connectivity index (χ0v) is 15.3. The summed E-state index contributed by atoms with van der Waals surface area (Å²) in [6.45, 7) is 5.87. The van der Waals surface area contributed by atoms with Crippen molar-refractivity contribution in [1.29, 1.82) is 0 Å². The molecule has 0 atom stereocenters. The van der Waals surface area contributed by atoms with Gasteiger partial charge in [0.2, 0.25) is 0 Å². The number of furan rings is 1. The molecule has 1 aliphatic rings. The monoisotopic (exact) mass is 361 g/mol. The number of anilines is 1. The minimum absolute atomic E-state index is 0.860. The Morgan fingerprint density at radius 1 is 1.00 bits per heavy atom. The summed E-state index contributed by atoms with van der Waals surface area (Å²) in [5.74, 6) is 0. The molecule has 138 valence electrons. The maximum Gasteiger partial charge on any atom is 0.137 e.